The van der Waals surface area contributed by atoms with Gasteiger partial charge in [0.2, 0.25) is 0 Å². The second kappa shape index (κ2) is 8.99. The summed E-state index contributed by atoms with van der Waals surface area (Å²) < 4.78 is 13.4. The van der Waals surface area contributed by atoms with Crippen molar-refractivity contribution in [2.24, 2.45) is 4.99 Å². The minimum atomic E-state index is -0.348. The highest BCUT2D eigenvalue weighted by Gasteiger charge is 2.08. The third-order valence-corrected chi connectivity index (χ3v) is 5.31. The van der Waals surface area contributed by atoms with Crippen molar-refractivity contribution < 1.29 is 14.3 Å². The fraction of sp³-hybridized carbons (Fsp3) is 0.200. The molecule has 0 saturated heterocycles. The number of rotatable bonds is 6. The van der Waals surface area contributed by atoms with Gasteiger partial charge >= 0.3 is 0 Å². The minimum absolute atomic E-state index is 0.348. The standard InChI is InChI=1S/C20H19ClN2O3S/c1-25-12-11-23-17-9-8-15(26-2)13-18(17)27-20(23)22-19(24)10-7-14-5-3-4-6-16(14)21/h3-10,13H,11-12H2,1-2H3/b10-7+,22-20?. The molecular weight excluding hydrogens is 384 g/mol. The van der Waals surface area contributed by atoms with Crippen molar-refractivity contribution in [2.45, 2.75) is 6.54 Å². The van der Waals surface area contributed by atoms with Crippen molar-refractivity contribution in [3.63, 3.8) is 0 Å². The molecule has 0 radical (unpaired) electrons. The summed E-state index contributed by atoms with van der Waals surface area (Å²) in [6.45, 7) is 1.12. The zero-order chi connectivity index (χ0) is 19.2. The summed E-state index contributed by atoms with van der Waals surface area (Å²) in [7, 11) is 3.27. The predicted molar refractivity (Wildman–Crippen MR) is 109 cm³/mol. The third kappa shape index (κ3) is 4.66. The highest BCUT2D eigenvalue weighted by molar-refractivity contribution is 7.16. The SMILES string of the molecule is COCCn1c(=NC(=O)/C=C/c2ccccc2Cl)sc2cc(OC)ccc21. The molecule has 1 heterocycles. The number of halogens is 1. The van der Waals surface area contributed by atoms with Crippen LogP contribution in [0.25, 0.3) is 16.3 Å². The molecule has 0 N–H and O–H groups in total. The Balaban J connectivity index is 1.98. The second-order valence-electron chi connectivity index (χ2n) is 5.67. The second-order valence-corrected chi connectivity index (χ2v) is 7.08. The van der Waals surface area contributed by atoms with Gasteiger partial charge in [-0.15, -0.1) is 0 Å². The summed E-state index contributed by atoms with van der Waals surface area (Å²) in [4.78, 5) is 17.2. The molecule has 0 atom stereocenters. The van der Waals surface area contributed by atoms with Crippen molar-refractivity contribution in [2.75, 3.05) is 20.8 Å². The van der Waals surface area contributed by atoms with E-state index in [9.17, 15) is 4.79 Å². The van der Waals surface area contributed by atoms with Gasteiger partial charge < -0.3 is 14.0 Å². The molecule has 0 spiro atoms. The number of carbonyl (C=O) groups is 1. The zero-order valence-electron chi connectivity index (χ0n) is 15.0. The Morgan fingerprint density at radius 3 is 2.81 bits per heavy atom. The molecule has 1 amide bonds. The van der Waals surface area contributed by atoms with Gasteiger partial charge in [0.25, 0.3) is 5.91 Å². The van der Waals surface area contributed by atoms with Crippen LogP contribution in [0, 0.1) is 0 Å². The van der Waals surface area contributed by atoms with Gasteiger partial charge in [-0.3, -0.25) is 4.79 Å². The topological polar surface area (TPSA) is 52.8 Å². The Labute approximate surface area is 166 Å². The van der Waals surface area contributed by atoms with Crippen molar-refractivity contribution in [1.82, 2.24) is 4.57 Å². The summed E-state index contributed by atoms with van der Waals surface area (Å²) in [5.74, 6) is 0.416. The van der Waals surface area contributed by atoms with Gasteiger partial charge in [-0.1, -0.05) is 41.1 Å². The van der Waals surface area contributed by atoms with E-state index < -0.39 is 0 Å². The fourth-order valence-corrected chi connectivity index (χ4v) is 3.86. The molecule has 0 fully saturated rings. The van der Waals surface area contributed by atoms with E-state index in [4.69, 9.17) is 21.1 Å². The van der Waals surface area contributed by atoms with E-state index in [-0.39, 0.29) is 5.91 Å². The smallest absolute Gasteiger partial charge is 0.272 e. The minimum Gasteiger partial charge on any atom is -0.497 e. The average Bonchev–Trinajstić information content (AvgIpc) is 3.01. The highest BCUT2D eigenvalue weighted by Crippen LogP contribution is 2.23. The molecule has 3 aromatic rings. The molecular formula is C20H19ClN2O3S. The van der Waals surface area contributed by atoms with E-state index in [1.807, 2.05) is 41.0 Å². The van der Waals surface area contributed by atoms with Gasteiger partial charge in [-0.25, -0.2) is 0 Å². The molecule has 140 valence electrons. The maximum Gasteiger partial charge on any atom is 0.272 e. The first-order chi connectivity index (χ1) is 13.1. The highest BCUT2D eigenvalue weighted by atomic mass is 35.5. The lowest BCUT2D eigenvalue weighted by Crippen LogP contribution is -2.18. The summed E-state index contributed by atoms with van der Waals surface area (Å²) in [5, 5.41) is 0.589. The first-order valence-electron chi connectivity index (χ1n) is 8.30. The van der Waals surface area contributed by atoms with Crippen molar-refractivity contribution in [1.29, 1.82) is 0 Å². The Bertz CT molecular complexity index is 1050. The molecule has 7 heteroatoms. The van der Waals surface area contributed by atoms with E-state index in [0.717, 1.165) is 21.5 Å². The van der Waals surface area contributed by atoms with Gasteiger partial charge in [-0.2, -0.15) is 4.99 Å². The van der Waals surface area contributed by atoms with Crippen LogP contribution in [0.2, 0.25) is 5.02 Å². The van der Waals surface area contributed by atoms with Gasteiger partial charge in [0.1, 0.15) is 5.75 Å². The monoisotopic (exact) mass is 402 g/mol. The van der Waals surface area contributed by atoms with Crippen LogP contribution >= 0.6 is 22.9 Å². The van der Waals surface area contributed by atoms with Crippen molar-refractivity contribution in [3.05, 3.63) is 63.9 Å². The first kappa shape index (κ1) is 19.4. The van der Waals surface area contributed by atoms with E-state index >= 15 is 0 Å². The number of aromatic nitrogens is 1. The summed E-state index contributed by atoms with van der Waals surface area (Å²) >= 11 is 7.55. The van der Waals surface area contributed by atoms with Crippen molar-refractivity contribution in [3.8, 4) is 5.75 Å². The van der Waals surface area contributed by atoms with E-state index in [2.05, 4.69) is 4.99 Å². The zero-order valence-corrected chi connectivity index (χ0v) is 16.6. The number of methoxy groups -OCH3 is 2. The average molecular weight is 403 g/mol. The van der Waals surface area contributed by atoms with Gasteiger partial charge in [0.15, 0.2) is 4.80 Å². The number of carbonyl (C=O) groups excluding carboxylic acids is 1. The van der Waals surface area contributed by atoms with Gasteiger partial charge in [-0.05, 0) is 35.9 Å². The van der Waals surface area contributed by atoms with Crippen LogP contribution < -0.4 is 9.54 Å². The van der Waals surface area contributed by atoms with Crippen LogP contribution in [-0.2, 0) is 16.1 Å². The summed E-state index contributed by atoms with van der Waals surface area (Å²) in [6, 6.07) is 13.1. The number of fused-ring (bicyclic) bond motifs is 1. The lowest BCUT2D eigenvalue weighted by atomic mass is 10.2. The lowest BCUT2D eigenvalue weighted by Gasteiger charge is -2.04. The molecule has 0 bridgehead atoms. The van der Waals surface area contributed by atoms with Gasteiger partial charge in [0.05, 0.1) is 23.9 Å². The van der Waals surface area contributed by atoms with Crippen LogP contribution in [0.1, 0.15) is 5.56 Å². The van der Waals surface area contributed by atoms with E-state index in [0.29, 0.717) is 23.0 Å². The molecule has 1 aromatic heterocycles. The first-order valence-corrected chi connectivity index (χ1v) is 9.49. The number of ether oxygens (including phenoxy) is 2. The molecule has 2 aromatic carbocycles. The fourth-order valence-electron chi connectivity index (χ4n) is 2.57. The number of nitrogens with zero attached hydrogens (tertiary/aromatic N) is 2. The normalized spacial score (nSPS) is 12.2. The maximum atomic E-state index is 12.4. The molecule has 0 saturated carbocycles. The number of benzene rings is 2. The number of hydrogen-bond acceptors (Lipinski definition) is 4. The van der Waals surface area contributed by atoms with Crippen molar-refractivity contribution >= 4 is 45.1 Å². The molecule has 0 aliphatic carbocycles. The lowest BCUT2D eigenvalue weighted by molar-refractivity contribution is -0.113. The molecule has 5 nitrogen and oxygen atoms in total. The quantitative estimate of drug-likeness (QED) is 0.582. The van der Waals surface area contributed by atoms with E-state index in [1.54, 1.807) is 26.4 Å². The molecule has 0 aliphatic rings. The van der Waals surface area contributed by atoms with Crippen LogP contribution in [0.4, 0.5) is 0 Å². The Morgan fingerprint density at radius 2 is 2.07 bits per heavy atom. The largest absolute Gasteiger partial charge is 0.497 e. The number of thiazole rings is 1. The summed E-state index contributed by atoms with van der Waals surface area (Å²) in [6.07, 6.45) is 3.09. The molecule has 27 heavy (non-hydrogen) atoms. The van der Waals surface area contributed by atoms with E-state index in [1.165, 1.54) is 17.4 Å². The third-order valence-electron chi connectivity index (χ3n) is 3.93. The van der Waals surface area contributed by atoms with Crippen LogP contribution in [0.5, 0.6) is 5.75 Å². The Hall–Kier alpha value is -2.41. The van der Waals surface area contributed by atoms with Crippen LogP contribution in [0.15, 0.2) is 53.5 Å². The molecule has 0 unspecified atom stereocenters. The maximum absolute atomic E-state index is 12.4. The Morgan fingerprint density at radius 1 is 1.26 bits per heavy atom. The molecule has 3 rings (SSSR count). The molecule has 0 aliphatic heterocycles. The van der Waals surface area contributed by atoms with Crippen LogP contribution in [0.3, 0.4) is 0 Å². The predicted octanol–water partition coefficient (Wildman–Crippen LogP) is 4.15. The summed E-state index contributed by atoms with van der Waals surface area (Å²) in [5.41, 5.74) is 1.76. The Kier molecular flexibility index (Phi) is 6.45. The number of hydrogen-bond donors (Lipinski definition) is 0. The van der Waals surface area contributed by atoms with Crippen LogP contribution in [-0.4, -0.2) is 31.3 Å². The number of amides is 1. The van der Waals surface area contributed by atoms with Gasteiger partial charge in [0, 0.05) is 24.8 Å².